The van der Waals surface area contributed by atoms with Crippen LogP contribution < -0.4 is 10.6 Å². The first-order valence-electron chi connectivity index (χ1n) is 9.66. The predicted molar refractivity (Wildman–Crippen MR) is 114 cm³/mol. The highest BCUT2D eigenvalue weighted by atomic mass is 16.2. The highest BCUT2D eigenvalue weighted by molar-refractivity contribution is 5.98. The summed E-state index contributed by atoms with van der Waals surface area (Å²) in [5.74, 6) is 0.444. The molecule has 4 rings (SSSR count). The molecule has 2 aromatic carbocycles. The van der Waals surface area contributed by atoms with E-state index in [0.29, 0.717) is 12.1 Å². The molecule has 2 aromatic heterocycles. The molecule has 0 fully saturated rings. The highest BCUT2D eigenvalue weighted by Gasteiger charge is 2.08. The normalized spacial score (nSPS) is 10.7. The molecule has 30 heavy (non-hydrogen) atoms. The van der Waals surface area contributed by atoms with E-state index in [1.54, 1.807) is 29.4 Å². The van der Waals surface area contributed by atoms with Gasteiger partial charge < -0.3 is 10.6 Å². The molecule has 7 nitrogen and oxygen atoms in total. The Morgan fingerprint density at radius 3 is 2.60 bits per heavy atom. The van der Waals surface area contributed by atoms with Crippen LogP contribution in [0, 0.1) is 0 Å². The van der Waals surface area contributed by atoms with Crippen LogP contribution in [0.3, 0.4) is 0 Å². The van der Waals surface area contributed by atoms with Crippen LogP contribution in [0.4, 0.5) is 0 Å². The fourth-order valence-electron chi connectivity index (χ4n) is 3.08. The smallest absolute Gasteiger partial charge is 0.251 e. The molecule has 0 unspecified atom stereocenters. The topological polar surface area (TPSA) is 88.9 Å². The average Bonchev–Trinajstić information content (AvgIpc) is 3.32. The second kappa shape index (κ2) is 9.00. The van der Waals surface area contributed by atoms with Crippen LogP contribution in [0.25, 0.3) is 16.6 Å². The number of nitrogens with zero attached hydrogens (tertiary/aromatic N) is 3. The Kier molecular flexibility index (Phi) is 5.80. The third-order valence-electron chi connectivity index (χ3n) is 4.72. The van der Waals surface area contributed by atoms with Gasteiger partial charge in [0.1, 0.15) is 12.1 Å². The second-order valence-electron chi connectivity index (χ2n) is 6.84. The van der Waals surface area contributed by atoms with Crippen molar-refractivity contribution in [2.45, 2.75) is 13.0 Å². The van der Waals surface area contributed by atoms with E-state index in [1.165, 1.54) is 0 Å². The molecule has 0 aliphatic rings. The Morgan fingerprint density at radius 2 is 1.83 bits per heavy atom. The Bertz CT molecular complexity index is 1150. The molecule has 4 aromatic rings. The van der Waals surface area contributed by atoms with Gasteiger partial charge in [-0.2, -0.15) is 0 Å². The van der Waals surface area contributed by atoms with Gasteiger partial charge >= 0.3 is 0 Å². The van der Waals surface area contributed by atoms with Gasteiger partial charge in [-0.05, 0) is 34.5 Å². The summed E-state index contributed by atoms with van der Waals surface area (Å²) in [6, 6.07) is 17.2. The molecule has 0 saturated heterocycles. The molecule has 0 aliphatic carbocycles. The maximum Gasteiger partial charge on any atom is 0.251 e. The zero-order valence-electron chi connectivity index (χ0n) is 16.3. The number of hydrogen-bond donors (Lipinski definition) is 2. The van der Waals surface area contributed by atoms with E-state index in [9.17, 15) is 9.59 Å². The average molecular weight is 399 g/mol. The number of amides is 2. The number of carbonyl (C=O) groups is 2. The third kappa shape index (κ3) is 4.70. The molecule has 0 radical (unpaired) electrons. The lowest BCUT2D eigenvalue weighted by molar-refractivity contribution is -0.121. The van der Waals surface area contributed by atoms with Crippen LogP contribution in [0.2, 0.25) is 0 Å². The number of benzene rings is 2. The summed E-state index contributed by atoms with van der Waals surface area (Å²) in [6.45, 7) is 0.657. The van der Waals surface area contributed by atoms with Crippen LogP contribution in [-0.2, 0) is 11.3 Å². The number of rotatable bonds is 7. The summed E-state index contributed by atoms with van der Waals surface area (Å²) in [5, 5.41) is 7.73. The number of fused-ring (bicyclic) bond motifs is 1. The Labute approximate surface area is 173 Å². The molecular weight excluding hydrogens is 378 g/mol. The van der Waals surface area contributed by atoms with E-state index >= 15 is 0 Å². The SMILES string of the molecule is O=C(CCNC(=O)c1ccc2ccccc2c1)NCc1ccc(-n2ccnc2)nc1. The minimum Gasteiger partial charge on any atom is -0.352 e. The number of aromatic nitrogens is 3. The molecular formula is C23H21N5O2. The van der Waals surface area contributed by atoms with Crippen molar-refractivity contribution in [1.29, 1.82) is 0 Å². The van der Waals surface area contributed by atoms with Gasteiger partial charge in [0, 0.05) is 43.7 Å². The van der Waals surface area contributed by atoms with Crippen LogP contribution in [0.1, 0.15) is 22.3 Å². The van der Waals surface area contributed by atoms with E-state index < -0.39 is 0 Å². The van der Waals surface area contributed by atoms with Crippen molar-refractivity contribution in [2.24, 2.45) is 0 Å². The largest absolute Gasteiger partial charge is 0.352 e. The lowest BCUT2D eigenvalue weighted by Crippen LogP contribution is -2.30. The van der Waals surface area contributed by atoms with Gasteiger partial charge in [-0.25, -0.2) is 9.97 Å². The quantitative estimate of drug-likeness (QED) is 0.500. The first kappa shape index (κ1) is 19.3. The van der Waals surface area contributed by atoms with Gasteiger partial charge in [-0.1, -0.05) is 36.4 Å². The third-order valence-corrected chi connectivity index (χ3v) is 4.72. The fraction of sp³-hybridized carbons (Fsp3) is 0.130. The van der Waals surface area contributed by atoms with E-state index in [1.807, 2.05) is 54.7 Å². The molecule has 2 heterocycles. The predicted octanol–water partition coefficient (Wildman–Crippen LogP) is 2.86. The number of nitrogens with one attached hydrogen (secondary N) is 2. The standard InChI is InChI=1S/C23H21N5O2/c29-22(27-15-17-5-8-21(26-14-17)28-12-11-24-16-28)9-10-25-23(30)20-7-6-18-3-1-2-4-19(18)13-20/h1-8,11-14,16H,9-10,15H2,(H,25,30)(H,27,29). The maximum absolute atomic E-state index is 12.3. The molecule has 0 atom stereocenters. The Balaban J connectivity index is 1.22. The zero-order chi connectivity index (χ0) is 20.8. The molecule has 0 bridgehead atoms. The summed E-state index contributed by atoms with van der Waals surface area (Å²) < 4.78 is 1.81. The number of pyridine rings is 1. The van der Waals surface area contributed by atoms with Gasteiger partial charge in [0.05, 0.1) is 0 Å². The van der Waals surface area contributed by atoms with Crippen molar-refractivity contribution in [3.63, 3.8) is 0 Å². The van der Waals surface area contributed by atoms with Gasteiger partial charge in [-0.3, -0.25) is 14.2 Å². The van der Waals surface area contributed by atoms with Crippen LogP contribution in [0.15, 0.2) is 79.5 Å². The fourth-order valence-corrected chi connectivity index (χ4v) is 3.08. The molecule has 150 valence electrons. The van der Waals surface area contributed by atoms with E-state index in [4.69, 9.17) is 0 Å². The lowest BCUT2D eigenvalue weighted by atomic mass is 10.1. The van der Waals surface area contributed by atoms with Crippen molar-refractivity contribution in [3.8, 4) is 5.82 Å². The van der Waals surface area contributed by atoms with Gasteiger partial charge in [-0.15, -0.1) is 0 Å². The minimum atomic E-state index is -0.187. The molecule has 0 aliphatic heterocycles. The highest BCUT2D eigenvalue weighted by Crippen LogP contribution is 2.15. The first-order valence-corrected chi connectivity index (χ1v) is 9.66. The summed E-state index contributed by atoms with van der Waals surface area (Å²) in [5.41, 5.74) is 1.48. The Hall–Kier alpha value is -4.00. The lowest BCUT2D eigenvalue weighted by Gasteiger charge is -2.08. The first-order chi connectivity index (χ1) is 14.7. The van der Waals surface area contributed by atoms with Crippen LogP contribution >= 0.6 is 0 Å². The molecule has 7 heteroatoms. The van der Waals surface area contributed by atoms with Crippen molar-refractivity contribution in [3.05, 3.63) is 90.6 Å². The minimum absolute atomic E-state index is 0.132. The molecule has 0 spiro atoms. The number of imidazole rings is 1. The van der Waals surface area contributed by atoms with Crippen molar-refractivity contribution >= 4 is 22.6 Å². The summed E-state index contributed by atoms with van der Waals surface area (Å²) in [7, 11) is 0. The van der Waals surface area contributed by atoms with Crippen molar-refractivity contribution in [1.82, 2.24) is 25.2 Å². The zero-order valence-corrected chi connectivity index (χ0v) is 16.3. The van der Waals surface area contributed by atoms with Gasteiger partial charge in [0.25, 0.3) is 5.91 Å². The van der Waals surface area contributed by atoms with E-state index in [-0.39, 0.29) is 24.8 Å². The summed E-state index contributed by atoms with van der Waals surface area (Å²) in [6.07, 6.45) is 7.11. The molecule has 2 amide bonds. The molecule has 2 N–H and O–H groups in total. The number of hydrogen-bond acceptors (Lipinski definition) is 4. The van der Waals surface area contributed by atoms with Gasteiger partial charge in [0.2, 0.25) is 5.91 Å². The summed E-state index contributed by atoms with van der Waals surface area (Å²) in [4.78, 5) is 32.7. The van der Waals surface area contributed by atoms with Crippen LogP contribution in [0.5, 0.6) is 0 Å². The second-order valence-corrected chi connectivity index (χ2v) is 6.84. The van der Waals surface area contributed by atoms with Crippen LogP contribution in [-0.4, -0.2) is 32.9 Å². The maximum atomic E-state index is 12.3. The molecule has 0 saturated carbocycles. The Morgan fingerprint density at radius 1 is 0.967 bits per heavy atom. The summed E-state index contributed by atoms with van der Waals surface area (Å²) >= 11 is 0. The van der Waals surface area contributed by atoms with Crippen molar-refractivity contribution < 1.29 is 9.59 Å². The van der Waals surface area contributed by atoms with E-state index in [2.05, 4.69) is 20.6 Å². The monoisotopic (exact) mass is 399 g/mol. The van der Waals surface area contributed by atoms with Crippen molar-refractivity contribution in [2.75, 3.05) is 6.54 Å². The van der Waals surface area contributed by atoms with Gasteiger partial charge in [0.15, 0.2) is 0 Å². The van der Waals surface area contributed by atoms with E-state index in [0.717, 1.165) is 22.2 Å². The number of carbonyl (C=O) groups excluding carboxylic acids is 2.